The van der Waals surface area contributed by atoms with Crippen molar-refractivity contribution in [2.75, 3.05) is 18.1 Å². The first-order valence-corrected chi connectivity index (χ1v) is 3.48. The van der Waals surface area contributed by atoms with E-state index >= 15 is 0 Å². The van der Waals surface area contributed by atoms with Gasteiger partial charge in [-0.3, -0.25) is 0 Å². The van der Waals surface area contributed by atoms with Crippen molar-refractivity contribution in [1.82, 2.24) is 0 Å². The summed E-state index contributed by atoms with van der Waals surface area (Å²) in [4.78, 5) is 4.43. The lowest BCUT2D eigenvalue weighted by atomic mass is 10.2. The molecular formula is C4H9NOS. The van der Waals surface area contributed by atoms with Gasteiger partial charge in [-0.25, -0.2) is 5.90 Å². The number of hydrogen-bond donors (Lipinski definition) is 1. The minimum atomic E-state index is 0.743. The van der Waals surface area contributed by atoms with Crippen molar-refractivity contribution in [2.24, 2.45) is 11.8 Å². The number of hydrogen-bond acceptors (Lipinski definition) is 3. The predicted octanol–water partition coefficient (Wildman–Crippen LogP) is 0.240. The maximum Gasteiger partial charge on any atom is 0.0723 e. The fourth-order valence-corrected chi connectivity index (χ4v) is 1.28. The van der Waals surface area contributed by atoms with Crippen molar-refractivity contribution in [3.63, 3.8) is 0 Å². The monoisotopic (exact) mass is 119 g/mol. The predicted molar refractivity (Wildman–Crippen MR) is 31.0 cm³/mol. The lowest BCUT2D eigenvalue weighted by Gasteiger charge is -2.22. The van der Waals surface area contributed by atoms with Gasteiger partial charge in [-0.15, -0.1) is 0 Å². The van der Waals surface area contributed by atoms with Crippen LogP contribution in [0.5, 0.6) is 0 Å². The molecular weight excluding hydrogens is 110 g/mol. The smallest absolute Gasteiger partial charge is 0.0723 e. The summed E-state index contributed by atoms with van der Waals surface area (Å²) >= 11 is 1.95. The molecule has 3 heteroatoms. The number of nitrogens with two attached hydrogens (primary N) is 1. The standard InChI is InChI=1S/C4H9NOS/c5-6-1-4-2-7-3-4/h4H,1-3,5H2. The van der Waals surface area contributed by atoms with E-state index in [0.29, 0.717) is 0 Å². The van der Waals surface area contributed by atoms with Crippen LogP contribution in [0.2, 0.25) is 0 Å². The van der Waals surface area contributed by atoms with Gasteiger partial charge in [0.15, 0.2) is 0 Å². The molecule has 0 radical (unpaired) electrons. The van der Waals surface area contributed by atoms with E-state index in [0.717, 1.165) is 12.5 Å². The molecule has 2 N–H and O–H groups in total. The third-order valence-corrected chi connectivity index (χ3v) is 2.45. The summed E-state index contributed by atoms with van der Waals surface area (Å²) in [6.07, 6.45) is 0. The van der Waals surface area contributed by atoms with Gasteiger partial charge in [0, 0.05) is 5.92 Å². The van der Waals surface area contributed by atoms with E-state index in [1.807, 2.05) is 11.8 Å². The van der Waals surface area contributed by atoms with E-state index < -0.39 is 0 Å². The van der Waals surface area contributed by atoms with Crippen molar-refractivity contribution in [3.05, 3.63) is 0 Å². The maximum absolute atomic E-state index is 4.83. The van der Waals surface area contributed by atoms with E-state index in [4.69, 9.17) is 5.90 Å². The van der Waals surface area contributed by atoms with Crippen LogP contribution >= 0.6 is 11.8 Å². The molecule has 0 unspecified atom stereocenters. The molecule has 0 spiro atoms. The minimum Gasteiger partial charge on any atom is -0.304 e. The van der Waals surface area contributed by atoms with Crippen LogP contribution in [0.25, 0.3) is 0 Å². The fourth-order valence-electron chi connectivity index (χ4n) is 0.517. The molecule has 7 heavy (non-hydrogen) atoms. The summed E-state index contributed by atoms with van der Waals surface area (Å²) in [6.45, 7) is 0.743. The van der Waals surface area contributed by atoms with Crippen LogP contribution in [-0.4, -0.2) is 18.1 Å². The van der Waals surface area contributed by atoms with Crippen LogP contribution in [0.1, 0.15) is 0 Å². The van der Waals surface area contributed by atoms with E-state index in [1.165, 1.54) is 11.5 Å². The van der Waals surface area contributed by atoms with E-state index in [2.05, 4.69) is 4.84 Å². The molecule has 1 rings (SSSR count). The number of thioether (sulfide) groups is 1. The van der Waals surface area contributed by atoms with Crippen molar-refractivity contribution >= 4 is 11.8 Å². The SMILES string of the molecule is NOCC1CSC1. The Morgan fingerprint density at radius 3 is 2.57 bits per heavy atom. The summed E-state index contributed by atoms with van der Waals surface area (Å²) in [7, 11) is 0. The van der Waals surface area contributed by atoms with Gasteiger partial charge in [0.2, 0.25) is 0 Å². The Morgan fingerprint density at radius 2 is 2.43 bits per heavy atom. The molecule has 1 aliphatic rings. The average Bonchev–Trinajstić information content (AvgIpc) is 1.55. The topological polar surface area (TPSA) is 35.2 Å². The zero-order chi connectivity index (χ0) is 5.11. The summed E-state index contributed by atoms with van der Waals surface area (Å²) in [5.41, 5.74) is 0. The van der Waals surface area contributed by atoms with E-state index in [9.17, 15) is 0 Å². The lowest BCUT2D eigenvalue weighted by molar-refractivity contribution is 0.112. The highest BCUT2D eigenvalue weighted by Crippen LogP contribution is 2.23. The van der Waals surface area contributed by atoms with Gasteiger partial charge in [-0.1, -0.05) is 0 Å². The van der Waals surface area contributed by atoms with Gasteiger partial charge >= 0.3 is 0 Å². The largest absolute Gasteiger partial charge is 0.304 e. The molecule has 0 aliphatic carbocycles. The second-order valence-electron chi connectivity index (χ2n) is 1.74. The van der Waals surface area contributed by atoms with Gasteiger partial charge in [0.25, 0.3) is 0 Å². The highest BCUT2D eigenvalue weighted by molar-refractivity contribution is 8.00. The third kappa shape index (κ3) is 1.33. The molecule has 1 fully saturated rings. The fraction of sp³-hybridized carbons (Fsp3) is 1.00. The molecule has 1 saturated heterocycles. The average molecular weight is 119 g/mol. The first kappa shape index (κ1) is 5.41. The van der Waals surface area contributed by atoms with Gasteiger partial charge in [-0.2, -0.15) is 11.8 Å². The summed E-state index contributed by atoms with van der Waals surface area (Å²) in [6, 6.07) is 0. The zero-order valence-electron chi connectivity index (χ0n) is 4.09. The van der Waals surface area contributed by atoms with Crippen LogP contribution in [-0.2, 0) is 4.84 Å². The molecule has 0 aromatic carbocycles. The van der Waals surface area contributed by atoms with Crippen molar-refractivity contribution in [2.45, 2.75) is 0 Å². The quantitative estimate of drug-likeness (QED) is 0.529. The Hall–Kier alpha value is 0.270. The van der Waals surface area contributed by atoms with E-state index in [-0.39, 0.29) is 0 Å². The van der Waals surface area contributed by atoms with Gasteiger partial charge in [0.1, 0.15) is 0 Å². The summed E-state index contributed by atoms with van der Waals surface area (Å²) in [5.74, 6) is 8.04. The Labute approximate surface area is 47.4 Å². The van der Waals surface area contributed by atoms with Crippen LogP contribution in [0.4, 0.5) is 0 Å². The van der Waals surface area contributed by atoms with Crippen molar-refractivity contribution in [1.29, 1.82) is 0 Å². The summed E-state index contributed by atoms with van der Waals surface area (Å²) in [5, 5.41) is 0. The molecule has 0 aromatic heterocycles. The second-order valence-corrected chi connectivity index (χ2v) is 2.81. The Bertz CT molecular complexity index is 55.7. The van der Waals surface area contributed by atoms with Crippen molar-refractivity contribution < 1.29 is 4.84 Å². The second kappa shape index (κ2) is 2.55. The van der Waals surface area contributed by atoms with Crippen molar-refractivity contribution in [3.8, 4) is 0 Å². The van der Waals surface area contributed by atoms with Gasteiger partial charge in [0.05, 0.1) is 6.61 Å². The minimum absolute atomic E-state index is 0.743. The van der Waals surface area contributed by atoms with Crippen LogP contribution in [0.15, 0.2) is 0 Å². The molecule has 42 valence electrons. The molecule has 0 aromatic rings. The van der Waals surface area contributed by atoms with Gasteiger partial charge in [-0.05, 0) is 11.5 Å². The highest BCUT2D eigenvalue weighted by atomic mass is 32.2. The molecule has 2 nitrogen and oxygen atoms in total. The lowest BCUT2D eigenvalue weighted by Crippen LogP contribution is -2.24. The maximum atomic E-state index is 4.83. The Balaban J connectivity index is 1.93. The highest BCUT2D eigenvalue weighted by Gasteiger charge is 2.16. The molecule has 0 atom stereocenters. The third-order valence-electron chi connectivity index (χ3n) is 1.04. The normalized spacial score (nSPS) is 21.9. The Kier molecular flexibility index (Phi) is 1.97. The molecule has 0 saturated carbocycles. The molecule has 0 bridgehead atoms. The van der Waals surface area contributed by atoms with Crippen LogP contribution in [0, 0.1) is 5.92 Å². The Morgan fingerprint density at radius 1 is 1.71 bits per heavy atom. The number of rotatable bonds is 2. The van der Waals surface area contributed by atoms with Crippen LogP contribution < -0.4 is 5.90 Å². The molecule has 0 amide bonds. The zero-order valence-corrected chi connectivity index (χ0v) is 4.91. The molecule has 1 aliphatic heterocycles. The first-order chi connectivity index (χ1) is 3.43. The van der Waals surface area contributed by atoms with E-state index in [1.54, 1.807) is 0 Å². The van der Waals surface area contributed by atoms with Gasteiger partial charge < -0.3 is 4.84 Å². The summed E-state index contributed by atoms with van der Waals surface area (Å²) < 4.78 is 0. The molecule has 1 heterocycles. The first-order valence-electron chi connectivity index (χ1n) is 2.33. The van der Waals surface area contributed by atoms with Crippen LogP contribution in [0.3, 0.4) is 0 Å².